The van der Waals surface area contributed by atoms with E-state index in [2.05, 4.69) is 187 Å². The third-order valence-corrected chi connectivity index (χ3v) is 11.1. The highest BCUT2D eigenvalue weighted by atomic mass is 32.1. The second kappa shape index (κ2) is 12.2. The smallest absolute Gasteiger partial charge is 0.159 e. The monoisotopic (exact) mass is 669 g/mol. The van der Waals surface area contributed by atoms with Crippen LogP contribution in [0.25, 0.3) is 75.5 Å². The average Bonchev–Trinajstić information content (AvgIpc) is 3.78. The van der Waals surface area contributed by atoms with Crippen LogP contribution in [0.3, 0.4) is 0 Å². The molecular weight excluding hydrogens is 639 g/mol. The molecule has 10 aromatic rings. The highest BCUT2D eigenvalue weighted by molar-refractivity contribution is 7.26. The Balaban J connectivity index is 1.23. The Bertz CT molecular complexity index is 2850. The second-order valence-electron chi connectivity index (χ2n) is 12.9. The van der Waals surface area contributed by atoms with Crippen LogP contribution in [0.2, 0.25) is 0 Å². The summed E-state index contributed by atoms with van der Waals surface area (Å²) in [5, 5.41) is 4.81. The SMILES string of the molecule is c1ccc(-c2ccc(N(c3ccc(-c4ccccc4)c(-c4cccc5c4sc4ccccc45)c3)c3cccc4c3oc3ccccc34)cc2)cc1. The molecule has 0 amide bonds. The van der Waals surface area contributed by atoms with Crippen LogP contribution in [0.5, 0.6) is 0 Å². The lowest BCUT2D eigenvalue weighted by Crippen LogP contribution is -2.10. The third-order valence-electron chi connectivity index (χ3n) is 9.90. The van der Waals surface area contributed by atoms with Gasteiger partial charge in [0, 0.05) is 47.9 Å². The lowest BCUT2D eigenvalue weighted by atomic mass is 9.92. The van der Waals surface area contributed by atoms with Crippen molar-refractivity contribution in [3.8, 4) is 33.4 Å². The number of hydrogen-bond acceptors (Lipinski definition) is 3. The Labute approximate surface area is 300 Å². The van der Waals surface area contributed by atoms with E-state index in [0.29, 0.717) is 0 Å². The van der Waals surface area contributed by atoms with Gasteiger partial charge in [-0.1, -0.05) is 146 Å². The number of hydrogen-bond donors (Lipinski definition) is 0. The largest absolute Gasteiger partial charge is 0.454 e. The summed E-state index contributed by atoms with van der Waals surface area (Å²) >= 11 is 1.87. The molecule has 3 heteroatoms. The summed E-state index contributed by atoms with van der Waals surface area (Å²) in [5.41, 5.74) is 12.1. The molecule has 2 heterocycles. The van der Waals surface area contributed by atoms with Crippen LogP contribution in [0.4, 0.5) is 17.1 Å². The number of fused-ring (bicyclic) bond motifs is 6. The maximum absolute atomic E-state index is 6.66. The molecule has 0 fully saturated rings. The molecule has 0 atom stereocenters. The molecule has 0 spiro atoms. The number of anilines is 3. The zero-order chi connectivity index (χ0) is 33.7. The molecule has 0 N–H and O–H groups in total. The molecule has 0 saturated heterocycles. The summed E-state index contributed by atoms with van der Waals surface area (Å²) in [7, 11) is 0. The van der Waals surface area contributed by atoms with E-state index < -0.39 is 0 Å². The molecule has 0 bridgehead atoms. The fourth-order valence-electron chi connectivity index (χ4n) is 7.49. The molecule has 2 nitrogen and oxygen atoms in total. The lowest BCUT2D eigenvalue weighted by Gasteiger charge is -2.27. The normalized spacial score (nSPS) is 11.5. The molecule has 0 aliphatic carbocycles. The number of furan rings is 1. The lowest BCUT2D eigenvalue weighted by molar-refractivity contribution is 0.669. The van der Waals surface area contributed by atoms with E-state index in [1.165, 1.54) is 53.6 Å². The summed E-state index contributed by atoms with van der Waals surface area (Å²) in [6.45, 7) is 0. The third kappa shape index (κ3) is 5.01. The van der Waals surface area contributed by atoms with E-state index in [4.69, 9.17) is 4.42 Å². The standard InChI is InChI=1S/C48H31NOS/c1-3-13-32(14-4-1)33-25-27-35(28-26-33)49(44-22-12-19-40-38-17-7-9-23-45(38)50-47(40)44)36-29-30-37(34-15-5-2-6-16-34)43(31-36)42-21-11-20-41-39-18-8-10-24-46(39)51-48(41)42/h1-31H. The van der Waals surface area contributed by atoms with E-state index in [1.54, 1.807) is 0 Å². The predicted molar refractivity (Wildman–Crippen MR) is 218 cm³/mol. The molecule has 0 radical (unpaired) electrons. The van der Waals surface area contributed by atoms with E-state index in [0.717, 1.165) is 39.0 Å². The first-order valence-electron chi connectivity index (χ1n) is 17.3. The molecule has 2 aromatic heterocycles. The number of para-hydroxylation sites is 2. The number of thiophene rings is 1. The van der Waals surface area contributed by atoms with E-state index in [9.17, 15) is 0 Å². The van der Waals surface area contributed by atoms with Gasteiger partial charge in [0.1, 0.15) is 5.58 Å². The van der Waals surface area contributed by atoms with Gasteiger partial charge in [0.25, 0.3) is 0 Å². The zero-order valence-corrected chi connectivity index (χ0v) is 28.5. The molecule has 10 rings (SSSR count). The Morgan fingerprint density at radius 3 is 1.84 bits per heavy atom. The van der Waals surface area contributed by atoms with Gasteiger partial charge in [-0.25, -0.2) is 0 Å². The first-order chi connectivity index (χ1) is 25.3. The van der Waals surface area contributed by atoms with Crippen LogP contribution >= 0.6 is 11.3 Å². The van der Waals surface area contributed by atoms with Gasteiger partial charge < -0.3 is 9.32 Å². The van der Waals surface area contributed by atoms with Gasteiger partial charge in [-0.3, -0.25) is 0 Å². The molecular formula is C48H31NOS. The quantitative estimate of drug-likeness (QED) is 0.175. The summed E-state index contributed by atoms with van der Waals surface area (Å²) in [5.74, 6) is 0. The minimum absolute atomic E-state index is 0.867. The highest BCUT2D eigenvalue weighted by Crippen LogP contribution is 2.47. The Hall–Kier alpha value is -6.42. The number of rotatable bonds is 6. The summed E-state index contributed by atoms with van der Waals surface area (Å²) in [6, 6.07) is 67.3. The summed E-state index contributed by atoms with van der Waals surface area (Å²) < 4.78 is 9.26. The Kier molecular flexibility index (Phi) is 7.04. The highest BCUT2D eigenvalue weighted by Gasteiger charge is 2.22. The van der Waals surface area contributed by atoms with Crippen molar-refractivity contribution in [2.24, 2.45) is 0 Å². The van der Waals surface area contributed by atoms with Crippen molar-refractivity contribution < 1.29 is 4.42 Å². The van der Waals surface area contributed by atoms with Crippen molar-refractivity contribution in [2.45, 2.75) is 0 Å². The molecule has 0 aliphatic rings. The van der Waals surface area contributed by atoms with E-state index in [-0.39, 0.29) is 0 Å². The van der Waals surface area contributed by atoms with Crippen LogP contribution in [0, 0.1) is 0 Å². The van der Waals surface area contributed by atoms with E-state index in [1.807, 2.05) is 17.4 Å². The fraction of sp³-hybridized carbons (Fsp3) is 0. The molecule has 0 aliphatic heterocycles. The molecule has 51 heavy (non-hydrogen) atoms. The van der Waals surface area contributed by atoms with Crippen molar-refractivity contribution in [3.05, 3.63) is 188 Å². The number of benzene rings is 8. The molecule has 0 saturated carbocycles. The van der Waals surface area contributed by atoms with E-state index >= 15 is 0 Å². The van der Waals surface area contributed by atoms with Crippen LogP contribution in [0.1, 0.15) is 0 Å². The van der Waals surface area contributed by atoms with Crippen LogP contribution < -0.4 is 4.90 Å². The van der Waals surface area contributed by atoms with Crippen LogP contribution in [0.15, 0.2) is 192 Å². The minimum atomic E-state index is 0.867. The zero-order valence-electron chi connectivity index (χ0n) is 27.7. The van der Waals surface area contributed by atoms with Crippen LogP contribution in [-0.4, -0.2) is 0 Å². The van der Waals surface area contributed by atoms with Crippen molar-refractivity contribution >= 4 is 70.5 Å². The first kappa shape index (κ1) is 29.5. The Morgan fingerprint density at radius 2 is 1.02 bits per heavy atom. The average molecular weight is 670 g/mol. The maximum atomic E-state index is 6.66. The number of nitrogens with zero attached hydrogens (tertiary/aromatic N) is 1. The molecule has 8 aromatic carbocycles. The van der Waals surface area contributed by atoms with Gasteiger partial charge in [-0.05, 0) is 70.3 Å². The molecule has 0 unspecified atom stereocenters. The van der Waals surface area contributed by atoms with Crippen molar-refractivity contribution in [1.29, 1.82) is 0 Å². The van der Waals surface area contributed by atoms with Gasteiger partial charge in [0.15, 0.2) is 5.58 Å². The molecule has 240 valence electrons. The van der Waals surface area contributed by atoms with Gasteiger partial charge in [-0.2, -0.15) is 0 Å². The Morgan fingerprint density at radius 1 is 0.392 bits per heavy atom. The fourth-order valence-corrected chi connectivity index (χ4v) is 8.72. The summed E-state index contributed by atoms with van der Waals surface area (Å²) in [6.07, 6.45) is 0. The topological polar surface area (TPSA) is 16.4 Å². The summed E-state index contributed by atoms with van der Waals surface area (Å²) in [4.78, 5) is 2.35. The van der Waals surface area contributed by atoms with Crippen molar-refractivity contribution in [2.75, 3.05) is 4.90 Å². The first-order valence-corrected chi connectivity index (χ1v) is 18.1. The van der Waals surface area contributed by atoms with Crippen molar-refractivity contribution in [1.82, 2.24) is 0 Å². The van der Waals surface area contributed by atoms with Gasteiger partial charge in [0.2, 0.25) is 0 Å². The minimum Gasteiger partial charge on any atom is -0.454 e. The maximum Gasteiger partial charge on any atom is 0.159 e. The second-order valence-corrected chi connectivity index (χ2v) is 13.9. The predicted octanol–water partition coefficient (Wildman–Crippen LogP) is 14.4. The van der Waals surface area contributed by atoms with Crippen LogP contribution in [-0.2, 0) is 0 Å². The van der Waals surface area contributed by atoms with Crippen molar-refractivity contribution in [3.63, 3.8) is 0 Å². The van der Waals surface area contributed by atoms with Gasteiger partial charge in [0.05, 0.1) is 5.69 Å². The van der Waals surface area contributed by atoms with Gasteiger partial charge >= 0.3 is 0 Å². The van der Waals surface area contributed by atoms with Gasteiger partial charge in [-0.15, -0.1) is 11.3 Å².